The minimum Gasteiger partial charge on any atom is -0.325 e. The number of thioether (sulfide) groups is 1. The topological polar surface area (TPSA) is 70.6 Å². The van der Waals surface area contributed by atoms with E-state index >= 15 is 0 Å². The van der Waals surface area contributed by atoms with E-state index in [4.69, 9.17) is 23.2 Å². The molecular weight excluding hydrogens is 393 g/mol. The molecule has 2 N–H and O–H groups in total. The van der Waals surface area contributed by atoms with Gasteiger partial charge in [0.2, 0.25) is 11.8 Å². The van der Waals surface area contributed by atoms with Gasteiger partial charge in [0.05, 0.1) is 21.4 Å². The number of carbonyl (C=O) groups excluding carboxylic acids is 2. The van der Waals surface area contributed by atoms with Crippen LogP contribution in [-0.4, -0.2) is 22.2 Å². The second kappa shape index (κ2) is 8.12. The Morgan fingerprint density at radius 3 is 2.69 bits per heavy atom. The van der Waals surface area contributed by atoms with Crippen LogP contribution in [0, 0.1) is 6.92 Å². The number of aliphatic imine (C=N–C) groups is 1. The van der Waals surface area contributed by atoms with Crippen LogP contribution in [0.1, 0.15) is 12.0 Å². The zero-order valence-corrected chi connectivity index (χ0v) is 16.1. The first-order chi connectivity index (χ1) is 12.4. The number of carbonyl (C=O) groups is 2. The van der Waals surface area contributed by atoms with Crippen molar-refractivity contribution >= 4 is 63.3 Å². The zero-order chi connectivity index (χ0) is 18.7. The van der Waals surface area contributed by atoms with Crippen molar-refractivity contribution in [3.63, 3.8) is 0 Å². The molecule has 1 aliphatic heterocycles. The number of anilines is 1. The number of amidine groups is 1. The van der Waals surface area contributed by atoms with Crippen LogP contribution in [0.4, 0.5) is 11.4 Å². The molecule has 0 bridgehead atoms. The Morgan fingerprint density at radius 2 is 1.96 bits per heavy atom. The summed E-state index contributed by atoms with van der Waals surface area (Å²) in [5.41, 5.74) is 2.29. The van der Waals surface area contributed by atoms with Gasteiger partial charge >= 0.3 is 0 Å². The van der Waals surface area contributed by atoms with Gasteiger partial charge in [-0.2, -0.15) is 0 Å². The van der Waals surface area contributed by atoms with Crippen LogP contribution in [0.5, 0.6) is 0 Å². The number of hydrogen-bond donors (Lipinski definition) is 2. The van der Waals surface area contributed by atoms with Crippen molar-refractivity contribution in [3.05, 3.63) is 58.1 Å². The molecule has 2 aromatic carbocycles. The third kappa shape index (κ3) is 4.58. The lowest BCUT2D eigenvalue weighted by Gasteiger charge is -2.09. The molecule has 1 fully saturated rings. The average Bonchev–Trinajstić information content (AvgIpc) is 2.93. The number of nitrogens with zero attached hydrogens (tertiary/aromatic N) is 1. The molecule has 1 heterocycles. The third-order valence-electron chi connectivity index (χ3n) is 3.64. The second-order valence-corrected chi connectivity index (χ2v) is 7.68. The summed E-state index contributed by atoms with van der Waals surface area (Å²) in [6.45, 7) is 1.99. The van der Waals surface area contributed by atoms with Crippen LogP contribution in [0.15, 0.2) is 47.5 Å². The molecule has 2 amide bonds. The molecule has 0 saturated carbocycles. The molecule has 2 aromatic rings. The molecule has 0 aromatic heterocycles. The number of nitrogens with one attached hydrogen (secondary N) is 2. The lowest BCUT2D eigenvalue weighted by Crippen LogP contribution is -2.28. The van der Waals surface area contributed by atoms with Crippen molar-refractivity contribution < 1.29 is 9.59 Å². The lowest BCUT2D eigenvalue weighted by molar-refractivity contribution is -0.122. The quantitative estimate of drug-likeness (QED) is 0.780. The number of halogens is 2. The first kappa shape index (κ1) is 18.8. The molecule has 5 nitrogen and oxygen atoms in total. The summed E-state index contributed by atoms with van der Waals surface area (Å²) in [6, 6.07) is 12.6. The monoisotopic (exact) mass is 407 g/mol. The standard InChI is InChI=1S/C18H15Cl2N3O2S/c1-10-5-7-11(8-6-10)21-18-23-17(25)14(26-18)9-15(24)22-13-4-2-3-12(19)16(13)20/h2-8,14H,9H2,1H3,(H,22,24)(H,21,23,25). The van der Waals surface area contributed by atoms with Crippen molar-refractivity contribution in [3.8, 4) is 0 Å². The van der Waals surface area contributed by atoms with E-state index in [0.29, 0.717) is 15.9 Å². The fourth-order valence-corrected chi connectivity index (χ4v) is 3.63. The molecule has 8 heteroatoms. The summed E-state index contributed by atoms with van der Waals surface area (Å²) < 4.78 is 0. The van der Waals surface area contributed by atoms with E-state index in [1.54, 1.807) is 18.2 Å². The number of amides is 2. The SMILES string of the molecule is Cc1ccc(N=C2NC(=O)C(CC(=O)Nc3cccc(Cl)c3Cl)S2)cc1. The van der Waals surface area contributed by atoms with E-state index in [-0.39, 0.29) is 23.3 Å². The van der Waals surface area contributed by atoms with Crippen LogP contribution in [0.2, 0.25) is 10.0 Å². The summed E-state index contributed by atoms with van der Waals surface area (Å²) >= 11 is 13.2. The van der Waals surface area contributed by atoms with E-state index in [2.05, 4.69) is 15.6 Å². The fraction of sp³-hybridized carbons (Fsp3) is 0.167. The highest BCUT2D eigenvalue weighted by molar-refractivity contribution is 8.15. The molecule has 1 saturated heterocycles. The number of benzene rings is 2. The predicted molar refractivity (Wildman–Crippen MR) is 108 cm³/mol. The lowest BCUT2D eigenvalue weighted by atomic mass is 10.2. The number of hydrogen-bond acceptors (Lipinski definition) is 4. The minimum absolute atomic E-state index is 0.00621. The number of aryl methyl sites for hydroxylation is 1. The highest BCUT2D eigenvalue weighted by Gasteiger charge is 2.32. The van der Waals surface area contributed by atoms with Crippen molar-refractivity contribution in [2.75, 3.05) is 5.32 Å². The third-order valence-corrected chi connectivity index (χ3v) is 5.54. The molecule has 1 unspecified atom stereocenters. The predicted octanol–water partition coefficient (Wildman–Crippen LogP) is 4.55. The van der Waals surface area contributed by atoms with Gasteiger partial charge in [0, 0.05) is 6.42 Å². The van der Waals surface area contributed by atoms with Gasteiger partial charge < -0.3 is 10.6 Å². The van der Waals surface area contributed by atoms with Crippen LogP contribution < -0.4 is 10.6 Å². The Morgan fingerprint density at radius 1 is 1.23 bits per heavy atom. The smallest absolute Gasteiger partial charge is 0.240 e. The van der Waals surface area contributed by atoms with Gasteiger partial charge in [-0.15, -0.1) is 0 Å². The van der Waals surface area contributed by atoms with Crippen LogP contribution in [-0.2, 0) is 9.59 Å². The van der Waals surface area contributed by atoms with E-state index in [1.807, 2.05) is 31.2 Å². The Balaban J connectivity index is 1.63. The van der Waals surface area contributed by atoms with Gasteiger partial charge in [-0.1, -0.05) is 58.7 Å². The fourth-order valence-electron chi connectivity index (χ4n) is 2.30. The zero-order valence-electron chi connectivity index (χ0n) is 13.8. The van der Waals surface area contributed by atoms with Crippen molar-refractivity contribution in [1.29, 1.82) is 0 Å². The van der Waals surface area contributed by atoms with Gasteiger partial charge in [0.25, 0.3) is 0 Å². The largest absolute Gasteiger partial charge is 0.325 e. The van der Waals surface area contributed by atoms with Crippen molar-refractivity contribution in [2.24, 2.45) is 4.99 Å². The molecule has 0 aliphatic carbocycles. The Hall–Kier alpha value is -2.02. The summed E-state index contributed by atoms with van der Waals surface area (Å²) in [7, 11) is 0. The molecule has 134 valence electrons. The minimum atomic E-state index is -0.544. The van der Waals surface area contributed by atoms with Gasteiger partial charge in [-0.05, 0) is 31.2 Å². The Kier molecular flexibility index (Phi) is 5.86. The van der Waals surface area contributed by atoms with E-state index < -0.39 is 5.25 Å². The molecule has 1 aliphatic rings. The van der Waals surface area contributed by atoms with Crippen LogP contribution in [0.25, 0.3) is 0 Å². The Bertz CT molecular complexity index is 885. The molecule has 0 spiro atoms. The van der Waals surface area contributed by atoms with Gasteiger partial charge in [0.1, 0.15) is 5.25 Å². The molecule has 26 heavy (non-hydrogen) atoms. The van der Waals surface area contributed by atoms with Crippen molar-refractivity contribution in [1.82, 2.24) is 5.32 Å². The summed E-state index contributed by atoms with van der Waals surface area (Å²) in [5, 5.41) is 5.95. The molecule has 0 radical (unpaired) electrons. The molecule has 1 atom stereocenters. The maximum atomic E-state index is 12.2. The second-order valence-electron chi connectivity index (χ2n) is 5.70. The average molecular weight is 408 g/mol. The maximum absolute atomic E-state index is 12.2. The summed E-state index contributed by atoms with van der Waals surface area (Å²) in [6.07, 6.45) is 0.00621. The molecular formula is C18H15Cl2N3O2S. The van der Waals surface area contributed by atoms with E-state index in [9.17, 15) is 9.59 Å². The van der Waals surface area contributed by atoms with Crippen LogP contribution >= 0.6 is 35.0 Å². The van der Waals surface area contributed by atoms with Gasteiger partial charge in [-0.25, -0.2) is 4.99 Å². The maximum Gasteiger partial charge on any atom is 0.240 e. The summed E-state index contributed by atoms with van der Waals surface area (Å²) in [4.78, 5) is 28.7. The summed E-state index contributed by atoms with van der Waals surface area (Å²) in [5.74, 6) is -0.563. The first-order valence-corrected chi connectivity index (χ1v) is 9.42. The molecule has 3 rings (SSSR count). The Labute approximate surface area is 165 Å². The van der Waals surface area contributed by atoms with Crippen LogP contribution in [0.3, 0.4) is 0 Å². The first-order valence-electron chi connectivity index (χ1n) is 7.79. The van der Waals surface area contributed by atoms with E-state index in [0.717, 1.165) is 11.3 Å². The number of rotatable bonds is 4. The highest BCUT2D eigenvalue weighted by Crippen LogP contribution is 2.30. The van der Waals surface area contributed by atoms with E-state index in [1.165, 1.54) is 11.8 Å². The van der Waals surface area contributed by atoms with Gasteiger partial charge in [0.15, 0.2) is 5.17 Å². The van der Waals surface area contributed by atoms with Crippen molar-refractivity contribution in [2.45, 2.75) is 18.6 Å². The highest BCUT2D eigenvalue weighted by atomic mass is 35.5. The van der Waals surface area contributed by atoms with Gasteiger partial charge in [-0.3, -0.25) is 9.59 Å². The normalized spacial score (nSPS) is 18.0.